The van der Waals surface area contributed by atoms with E-state index in [1.54, 1.807) is 43.6 Å². The maximum atomic E-state index is 13.2. The first-order chi connectivity index (χ1) is 23.7. The van der Waals surface area contributed by atoms with Gasteiger partial charge >= 0.3 is 5.97 Å². The van der Waals surface area contributed by atoms with Crippen molar-refractivity contribution in [3.63, 3.8) is 0 Å². The summed E-state index contributed by atoms with van der Waals surface area (Å²) < 4.78 is 17.6. The molecule has 2 aliphatic rings. The molecule has 49 heavy (non-hydrogen) atoms. The summed E-state index contributed by atoms with van der Waals surface area (Å²) in [6, 6.07) is 8.30. The first kappa shape index (κ1) is 34.6. The Balaban J connectivity index is 0.00000230. The number of aromatic amines is 1. The van der Waals surface area contributed by atoms with Gasteiger partial charge in [-0.05, 0) is 49.9 Å². The molecule has 2 aromatic heterocycles. The van der Waals surface area contributed by atoms with E-state index in [4.69, 9.17) is 9.47 Å². The molecule has 1 atom stereocenters. The minimum absolute atomic E-state index is 0.0103. The maximum Gasteiger partial charge on any atom is 0.374 e. The van der Waals surface area contributed by atoms with Gasteiger partial charge in [-0.3, -0.25) is 19.4 Å². The summed E-state index contributed by atoms with van der Waals surface area (Å²) in [5.41, 5.74) is 2.54. The molecule has 0 radical (unpaired) electrons. The molecule has 1 saturated heterocycles. The SMILES string of the molecule is CC.COC(=O)c1nc2ccc(NC(=O)c3nc(NC(=O)CCCOc4cc5c(cc4OC)C(=O)N4CCCCC4C=N5)cn3C)cc2[nH]1. The zero-order valence-corrected chi connectivity index (χ0v) is 28.2. The number of carbonyl (C=O) groups is 4. The molecular formula is C34H40N8O7. The Kier molecular flexibility index (Phi) is 10.9. The van der Waals surface area contributed by atoms with Gasteiger partial charge in [-0.15, -0.1) is 0 Å². The van der Waals surface area contributed by atoms with E-state index in [9.17, 15) is 19.2 Å². The number of nitrogens with zero attached hydrogens (tertiary/aromatic N) is 5. The molecule has 0 saturated carbocycles. The highest BCUT2D eigenvalue weighted by atomic mass is 16.5. The molecular weight excluding hydrogens is 632 g/mol. The summed E-state index contributed by atoms with van der Waals surface area (Å²) in [6.45, 7) is 4.92. The molecule has 4 aromatic rings. The van der Waals surface area contributed by atoms with E-state index in [0.29, 0.717) is 52.4 Å². The Morgan fingerprint density at radius 2 is 1.86 bits per heavy atom. The van der Waals surface area contributed by atoms with Gasteiger partial charge in [0.2, 0.25) is 17.6 Å². The van der Waals surface area contributed by atoms with Crippen LogP contribution < -0.4 is 20.1 Å². The molecule has 2 aliphatic heterocycles. The summed E-state index contributed by atoms with van der Waals surface area (Å²) in [7, 11) is 4.42. The monoisotopic (exact) mass is 672 g/mol. The van der Waals surface area contributed by atoms with Crippen molar-refractivity contribution in [2.24, 2.45) is 12.0 Å². The Hall–Kier alpha value is -5.73. The first-order valence-corrected chi connectivity index (χ1v) is 16.2. The fourth-order valence-electron chi connectivity index (χ4n) is 5.61. The second-order valence-corrected chi connectivity index (χ2v) is 11.2. The van der Waals surface area contributed by atoms with E-state index >= 15 is 0 Å². The molecule has 4 heterocycles. The molecule has 6 rings (SSSR count). The Morgan fingerprint density at radius 1 is 1.04 bits per heavy atom. The number of carbonyl (C=O) groups excluding carboxylic acids is 4. The van der Waals surface area contributed by atoms with Gasteiger partial charge in [0.25, 0.3) is 11.8 Å². The van der Waals surface area contributed by atoms with Gasteiger partial charge in [0.1, 0.15) is 0 Å². The van der Waals surface area contributed by atoms with Gasteiger partial charge < -0.3 is 39.3 Å². The van der Waals surface area contributed by atoms with Crippen LogP contribution in [0.5, 0.6) is 11.5 Å². The molecule has 0 spiro atoms. The summed E-state index contributed by atoms with van der Waals surface area (Å²) in [5.74, 6) is -0.247. The van der Waals surface area contributed by atoms with Crippen molar-refractivity contribution in [3.8, 4) is 11.5 Å². The number of aryl methyl sites for hydroxylation is 1. The maximum absolute atomic E-state index is 13.2. The summed E-state index contributed by atoms with van der Waals surface area (Å²) in [4.78, 5) is 68.3. The second-order valence-electron chi connectivity index (χ2n) is 11.2. The zero-order valence-electron chi connectivity index (χ0n) is 28.2. The quantitative estimate of drug-likeness (QED) is 0.156. The third kappa shape index (κ3) is 7.71. The van der Waals surface area contributed by atoms with Crippen LogP contribution >= 0.6 is 0 Å². The van der Waals surface area contributed by atoms with Crippen molar-refractivity contribution < 1.29 is 33.4 Å². The van der Waals surface area contributed by atoms with Gasteiger partial charge in [0.05, 0.1) is 49.2 Å². The van der Waals surface area contributed by atoms with Crippen LogP contribution in [0, 0.1) is 0 Å². The molecule has 15 heteroatoms. The highest BCUT2D eigenvalue weighted by Crippen LogP contribution is 2.38. The lowest BCUT2D eigenvalue weighted by atomic mass is 10.0. The van der Waals surface area contributed by atoms with Crippen LogP contribution in [0.25, 0.3) is 11.0 Å². The molecule has 15 nitrogen and oxygen atoms in total. The third-order valence-electron chi connectivity index (χ3n) is 7.98. The number of hydrogen-bond donors (Lipinski definition) is 3. The number of imidazole rings is 2. The van der Waals surface area contributed by atoms with Crippen LogP contribution in [0.15, 0.2) is 41.5 Å². The number of rotatable bonds is 10. The summed E-state index contributed by atoms with van der Waals surface area (Å²) in [5, 5.41) is 5.47. The number of esters is 1. The van der Waals surface area contributed by atoms with E-state index in [0.717, 1.165) is 19.3 Å². The minimum atomic E-state index is -0.601. The summed E-state index contributed by atoms with van der Waals surface area (Å²) in [6.07, 6.45) is 6.82. The molecule has 1 fully saturated rings. The van der Waals surface area contributed by atoms with Crippen molar-refractivity contribution in [1.82, 2.24) is 24.4 Å². The van der Waals surface area contributed by atoms with Crippen LogP contribution in [0.1, 0.15) is 77.5 Å². The number of ether oxygens (including phenoxy) is 3. The Morgan fingerprint density at radius 3 is 2.63 bits per heavy atom. The molecule has 2 aromatic carbocycles. The molecule has 1 unspecified atom stereocenters. The van der Waals surface area contributed by atoms with Crippen molar-refractivity contribution in [1.29, 1.82) is 0 Å². The lowest BCUT2D eigenvalue weighted by Gasteiger charge is -2.32. The predicted octanol–water partition coefficient (Wildman–Crippen LogP) is 4.88. The number of aliphatic imine (C=N–C) groups is 1. The van der Waals surface area contributed by atoms with Crippen LogP contribution in [0.4, 0.5) is 17.2 Å². The summed E-state index contributed by atoms with van der Waals surface area (Å²) >= 11 is 0. The van der Waals surface area contributed by atoms with Gasteiger partial charge in [0, 0.05) is 44.2 Å². The second kappa shape index (κ2) is 15.4. The van der Waals surface area contributed by atoms with Crippen molar-refractivity contribution in [2.45, 2.75) is 52.0 Å². The smallest absolute Gasteiger partial charge is 0.374 e. The average molecular weight is 673 g/mol. The predicted molar refractivity (Wildman–Crippen MR) is 183 cm³/mol. The third-order valence-corrected chi connectivity index (χ3v) is 7.98. The van der Waals surface area contributed by atoms with E-state index in [1.165, 1.54) is 18.8 Å². The van der Waals surface area contributed by atoms with Gasteiger partial charge in [-0.2, -0.15) is 0 Å². The fraction of sp³-hybridized carbons (Fsp3) is 0.382. The molecule has 3 N–H and O–H groups in total. The highest BCUT2D eigenvalue weighted by molar-refractivity contribution is 6.04. The Bertz CT molecular complexity index is 1900. The van der Waals surface area contributed by atoms with Crippen LogP contribution in [-0.4, -0.2) is 87.7 Å². The number of piperidine rings is 1. The number of anilines is 2. The largest absolute Gasteiger partial charge is 0.493 e. The number of amides is 3. The highest BCUT2D eigenvalue weighted by Gasteiger charge is 2.31. The topological polar surface area (TPSA) is 182 Å². The van der Waals surface area contributed by atoms with Gasteiger partial charge in [-0.25, -0.2) is 14.8 Å². The van der Waals surface area contributed by atoms with Gasteiger partial charge in [0.15, 0.2) is 17.3 Å². The zero-order chi connectivity index (χ0) is 35.1. The van der Waals surface area contributed by atoms with Crippen molar-refractivity contribution in [3.05, 3.63) is 53.7 Å². The van der Waals surface area contributed by atoms with Gasteiger partial charge in [-0.1, -0.05) is 13.8 Å². The average Bonchev–Trinajstić information content (AvgIpc) is 3.68. The van der Waals surface area contributed by atoms with E-state index < -0.39 is 11.9 Å². The van der Waals surface area contributed by atoms with Crippen LogP contribution in [-0.2, 0) is 16.6 Å². The number of nitrogens with one attached hydrogen (secondary N) is 3. The minimum Gasteiger partial charge on any atom is -0.493 e. The van der Waals surface area contributed by atoms with E-state index in [1.807, 2.05) is 25.0 Å². The normalized spacial score (nSPS) is 14.9. The number of fused-ring (bicyclic) bond motifs is 3. The van der Waals surface area contributed by atoms with Crippen molar-refractivity contribution >= 4 is 58.1 Å². The van der Waals surface area contributed by atoms with E-state index in [-0.39, 0.29) is 48.4 Å². The van der Waals surface area contributed by atoms with Crippen LogP contribution in [0.2, 0.25) is 0 Å². The number of benzene rings is 2. The number of H-pyrrole nitrogens is 1. The number of aromatic nitrogens is 4. The molecule has 3 amide bonds. The lowest BCUT2D eigenvalue weighted by Crippen LogP contribution is -2.43. The van der Waals surface area contributed by atoms with Crippen LogP contribution in [0.3, 0.4) is 0 Å². The molecule has 0 bridgehead atoms. The lowest BCUT2D eigenvalue weighted by molar-refractivity contribution is -0.116. The molecule has 0 aliphatic carbocycles. The number of methoxy groups -OCH3 is 2. The van der Waals surface area contributed by atoms with Crippen molar-refractivity contribution in [2.75, 3.05) is 38.0 Å². The fourth-order valence-corrected chi connectivity index (χ4v) is 5.61. The standard InChI is InChI=1S/C32H34N8O7.C2H6/c1-39-17-26(38-29(39)30(42)34-18-9-10-21-23(13-18)36-28(35-21)32(44)46-3)37-27(41)8-6-12-47-25-15-22-20(14-24(25)45-2)31(43)40-11-5-4-7-19(40)16-33-22;1-2/h9-10,13-17,19H,4-8,11-12H2,1-3H3,(H,34,42)(H,35,36)(H,37,41);1-2H3. The first-order valence-electron chi connectivity index (χ1n) is 16.2. The van der Waals surface area contributed by atoms with E-state index in [2.05, 4.69) is 35.3 Å². The molecule has 258 valence electrons. The number of hydrogen-bond acceptors (Lipinski definition) is 10. The Labute approximate surface area is 283 Å².